The summed E-state index contributed by atoms with van der Waals surface area (Å²) in [5.41, 5.74) is 1.41. The van der Waals surface area contributed by atoms with Crippen LogP contribution in [0.1, 0.15) is 44.2 Å². The molecule has 0 saturated carbocycles. The molecule has 1 aromatic rings. The van der Waals surface area contributed by atoms with Crippen molar-refractivity contribution in [3.63, 3.8) is 0 Å². The van der Waals surface area contributed by atoms with Crippen LogP contribution in [0.4, 0.5) is 0 Å². The number of nitrogens with one attached hydrogen (secondary N) is 1. The van der Waals surface area contributed by atoms with Crippen LogP contribution in [-0.2, 0) is 0 Å². The molecule has 2 unspecified atom stereocenters. The standard InChI is InChI=1S/C17H28N2/c1-15-7-6-12-19(13-10-15)14-11-17(18-2)16-8-4-3-5-9-16/h3-5,8-9,15,17-18H,6-7,10-14H2,1-2H3. The van der Waals surface area contributed by atoms with Crippen LogP contribution in [-0.4, -0.2) is 31.6 Å². The maximum atomic E-state index is 3.46. The number of nitrogens with zero attached hydrogens (tertiary/aromatic N) is 1. The highest BCUT2D eigenvalue weighted by atomic mass is 15.1. The van der Waals surface area contributed by atoms with Crippen molar-refractivity contribution in [2.24, 2.45) is 5.92 Å². The van der Waals surface area contributed by atoms with E-state index in [9.17, 15) is 0 Å². The summed E-state index contributed by atoms with van der Waals surface area (Å²) in [4.78, 5) is 2.65. The predicted molar refractivity (Wildman–Crippen MR) is 82.3 cm³/mol. The van der Waals surface area contributed by atoms with E-state index in [4.69, 9.17) is 0 Å². The van der Waals surface area contributed by atoms with Crippen molar-refractivity contribution in [1.82, 2.24) is 10.2 Å². The van der Waals surface area contributed by atoms with Gasteiger partial charge in [-0.1, -0.05) is 37.3 Å². The number of rotatable bonds is 5. The quantitative estimate of drug-likeness (QED) is 0.872. The molecule has 0 spiro atoms. The van der Waals surface area contributed by atoms with Crippen molar-refractivity contribution >= 4 is 0 Å². The first-order valence-electron chi connectivity index (χ1n) is 7.74. The second kappa shape index (κ2) is 7.66. The molecule has 0 bridgehead atoms. The van der Waals surface area contributed by atoms with E-state index in [0.717, 1.165) is 5.92 Å². The highest BCUT2D eigenvalue weighted by Gasteiger charge is 2.15. The summed E-state index contributed by atoms with van der Waals surface area (Å²) in [6.07, 6.45) is 5.35. The SMILES string of the molecule is CNC(CCN1CCCC(C)CC1)c1ccccc1. The highest BCUT2D eigenvalue weighted by molar-refractivity contribution is 5.18. The lowest BCUT2D eigenvalue weighted by atomic mass is 10.0. The van der Waals surface area contributed by atoms with Crippen LogP contribution in [0.15, 0.2) is 30.3 Å². The molecule has 2 heteroatoms. The summed E-state index contributed by atoms with van der Waals surface area (Å²) >= 11 is 0. The van der Waals surface area contributed by atoms with E-state index < -0.39 is 0 Å². The van der Waals surface area contributed by atoms with Crippen molar-refractivity contribution in [3.05, 3.63) is 35.9 Å². The van der Waals surface area contributed by atoms with Gasteiger partial charge in [0, 0.05) is 6.04 Å². The smallest absolute Gasteiger partial charge is 0.0329 e. The van der Waals surface area contributed by atoms with Crippen LogP contribution in [0.2, 0.25) is 0 Å². The van der Waals surface area contributed by atoms with Crippen LogP contribution in [0.3, 0.4) is 0 Å². The van der Waals surface area contributed by atoms with Crippen molar-refractivity contribution in [1.29, 1.82) is 0 Å². The van der Waals surface area contributed by atoms with E-state index in [2.05, 4.69) is 54.5 Å². The van der Waals surface area contributed by atoms with Gasteiger partial charge in [0.2, 0.25) is 0 Å². The second-order valence-corrected chi connectivity index (χ2v) is 5.92. The molecule has 1 aromatic carbocycles. The average molecular weight is 260 g/mol. The van der Waals surface area contributed by atoms with E-state index >= 15 is 0 Å². The lowest BCUT2D eigenvalue weighted by molar-refractivity contribution is 0.265. The maximum Gasteiger partial charge on any atom is 0.0329 e. The Labute approximate surface area is 118 Å². The van der Waals surface area contributed by atoms with Crippen LogP contribution >= 0.6 is 0 Å². The first-order chi connectivity index (χ1) is 9.29. The fourth-order valence-electron chi connectivity index (χ4n) is 3.02. The second-order valence-electron chi connectivity index (χ2n) is 5.92. The molecule has 1 aliphatic heterocycles. The molecule has 2 atom stereocenters. The maximum absolute atomic E-state index is 3.46. The normalized spacial score (nSPS) is 22.9. The summed E-state index contributed by atoms with van der Waals surface area (Å²) in [5.74, 6) is 0.916. The summed E-state index contributed by atoms with van der Waals surface area (Å²) < 4.78 is 0. The van der Waals surface area contributed by atoms with E-state index in [1.54, 1.807) is 0 Å². The molecule has 2 nitrogen and oxygen atoms in total. The molecule has 2 rings (SSSR count). The van der Waals surface area contributed by atoms with Gasteiger partial charge in [-0.3, -0.25) is 0 Å². The monoisotopic (exact) mass is 260 g/mol. The Bertz CT molecular complexity index is 350. The van der Waals surface area contributed by atoms with Gasteiger partial charge in [0.05, 0.1) is 0 Å². The van der Waals surface area contributed by atoms with Crippen LogP contribution in [0, 0.1) is 5.92 Å². The molecular weight excluding hydrogens is 232 g/mol. The van der Waals surface area contributed by atoms with E-state index in [0.29, 0.717) is 6.04 Å². The Morgan fingerprint density at radius 3 is 2.74 bits per heavy atom. The molecule has 0 aromatic heterocycles. The average Bonchev–Trinajstić information content (AvgIpc) is 2.66. The van der Waals surface area contributed by atoms with Gasteiger partial charge in [-0.25, -0.2) is 0 Å². The van der Waals surface area contributed by atoms with Crippen LogP contribution in [0.5, 0.6) is 0 Å². The van der Waals surface area contributed by atoms with Crippen molar-refractivity contribution in [2.45, 2.75) is 38.6 Å². The number of benzene rings is 1. The van der Waals surface area contributed by atoms with Gasteiger partial charge in [0.1, 0.15) is 0 Å². The molecule has 1 N–H and O–H groups in total. The van der Waals surface area contributed by atoms with E-state index in [1.807, 2.05) is 0 Å². The van der Waals surface area contributed by atoms with Crippen molar-refractivity contribution in [2.75, 3.05) is 26.7 Å². The Hall–Kier alpha value is -0.860. The van der Waals surface area contributed by atoms with Gasteiger partial charge in [-0.15, -0.1) is 0 Å². The largest absolute Gasteiger partial charge is 0.313 e. The number of hydrogen-bond donors (Lipinski definition) is 1. The zero-order valence-corrected chi connectivity index (χ0v) is 12.4. The molecule has 1 aliphatic rings. The number of hydrogen-bond acceptors (Lipinski definition) is 2. The minimum absolute atomic E-state index is 0.488. The van der Waals surface area contributed by atoms with Crippen molar-refractivity contribution in [3.8, 4) is 0 Å². The third-order valence-corrected chi connectivity index (χ3v) is 4.39. The highest BCUT2D eigenvalue weighted by Crippen LogP contribution is 2.20. The van der Waals surface area contributed by atoms with Gasteiger partial charge in [-0.05, 0) is 63.8 Å². The molecule has 1 heterocycles. The third kappa shape index (κ3) is 4.63. The number of likely N-dealkylation sites (tertiary alicyclic amines) is 1. The third-order valence-electron chi connectivity index (χ3n) is 4.39. The first-order valence-corrected chi connectivity index (χ1v) is 7.74. The molecule has 0 radical (unpaired) electrons. The Kier molecular flexibility index (Phi) is 5.87. The summed E-state index contributed by atoms with van der Waals surface area (Å²) in [7, 11) is 2.07. The summed E-state index contributed by atoms with van der Waals surface area (Å²) in [5, 5.41) is 3.46. The Morgan fingerprint density at radius 2 is 2.00 bits per heavy atom. The summed E-state index contributed by atoms with van der Waals surface area (Å²) in [6, 6.07) is 11.3. The lowest BCUT2D eigenvalue weighted by Gasteiger charge is -2.24. The topological polar surface area (TPSA) is 15.3 Å². The van der Waals surface area contributed by atoms with Gasteiger partial charge in [0.25, 0.3) is 0 Å². The molecule has 19 heavy (non-hydrogen) atoms. The molecule has 106 valence electrons. The first kappa shape index (κ1) is 14.5. The van der Waals surface area contributed by atoms with Gasteiger partial charge >= 0.3 is 0 Å². The zero-order valence-electron chi connectivity index (χ0n) is 12.4. The predicted octanol–water partition coefficient (Wildman–Crippen LogP) is 3.46. The van der Waals surface area contributed by atoms with E-state index in [1.165, 1.54) is 50.9 Å². The van der Waals surface area contributed by atoms with Gasteiger partial charge < -0.3 is 10.2 Å². The minimum Gasteiger partial charge on any atom is -0.313 e. The van der Waals surface area contributed by atoms with Gasteiger partial charge in [-0.2, -0.15) is 0 Å². The minimum atomic E-state index is 0.488. The van der Waals surface area contributed by atoms with E-state index in [-0.39, 0.29) is 0 Å². The Morgan fingerprint density at radius 1 is 1.21 bits per heavy atom. The fraction of sp³-hybridized carbons (Fsp3) is 0.647. The van der Waals surface area contributed by atoms with Crippen LogP contribution < -0.4 is 5.32 Å². The van der Waals surface area contributed by atoms with Gasteiger partial charge in [0.15, 0.2) is 0 Å². The fourth-order valence-corrected chi connectivity index (χ4v) is 3.02. The molecular formula is C17H28N2. The Balaban J connectivity index is 1.83. The summed E-state index contributed by atoms with van der Waals surface area (Å²) in [6.45, 7) is 6.18. The molecule has 0 aliphatic carbocycles. The lowest BCUT2D eigenvalue weighted by Crippen LogP contribution is -2.29. The van der Waals surface area contributed by atoms with Crippen molar-refractivity contribution < 1.29 is 0 Å². The van der Waals surface area contributed by atoms with Crippen LogP contribution in [0.25, 0.3) is 0 Å². The molecule has 1 fully saturated rings. The molecule has 0 amide bonds. The zero-order chi connectivity index (χ0) is 13.5. The molecule has 1 saturated heterocycles.